The van der Waals surface area contributed by atoms with Crippen LogP contribution in [0.1, 0.15) is 41.6 Å². The van der Waals surface area contributed by atoms with Crippen LogP contribution in [0.3, 0.4) is 0 Å². The molecular formula is C15H21NO2. The van der Waals surface area contributed by atoms with Gasteiger partial charge in [-0.1, -0.05) is 30.5 Å². The Kier molecular flexibility index (Phi) is 4.37. The molecule has 1 amide bonds. The monoisotopic (exact) mass is 247 g/mol. The summed E-state index contributed by atoms with van der Waals surface area (Å²) in [5.41, 5.74) is 1.85. The lowest BCUT2D eigenvalue weighted by atomic mass is 9.85. The molecule has 1 saturated carbocycles. The van der Waals surface area contributed by atoms with E-state index in [0.29, 0.717) is 5.56 Å². The zero-order chi connectivity index (χ0) is 13.0. The summed E-state index contributed by atoms with van der Waals surface area (Å²) in [5.74, 6) is 0.188. The van der Waals surface area contributed by atoms with Gasteiger partial charge in [0, 0.05) is 24.1 Å². The van der Waals surface area contributed by atoms with Crippen molar-refractivity contribution in [2.45, 2.75) is 38.6 Å². The fraction of sp³-hybridized carbons (Fsp3) is 0.533. The molecular weight excluding hydrogens is 226 g/mol. The Morgan fingerprint density at radius 2 is 1.94 bits per heavy atom. The van der Waals surface area contributed by atoms with Gasteiger partial charge in [0.15, 0.2) is 0 Å². The van der Waals surface area contributed by atoms with Gasteiger partial charge in [0.25, 0.3) is 5.91 Å². The Labute approximate surface area is 108 Å². The summed E-state index contributed by atoms with van der Waals surface area (Å²) in [7, 11) is 0. The van der Waals surface area contributed by atoms with Crippen LogP contribution in [0.5, 0.6) is 0 Å². The van der Waals surface area contributed by atoms with Crippen molar-refractivity contribution in [2.24, 2.45) is 5.92 Å². The van der Waals surface area contributed by atoms with Crippen LogP contribution in [0.25, 0.3) is 0 Å². The summed E-state index contributed by atoms with van der Waals surface area (Å²) < 4.78 is 0. The molecule has 3 heteroatoms. The third-order valence-electron chi connectivity index (χ3n) is 3.77. The number of hydrogen-bond donors (Lipinski definition) is 2. The minimum atomic E-state index is -0.0275. The van der Waals surface area contributed by atoms with E-state index in [4.69, 9.17) is 0 Å². The summed E-state index contributed by atoms with van der Waals surface area (Å²) in [6.07, 6.45) is 4.27. The van der Waals surface area contributed by atoms with Crippen LogP contribution in [0.15, 0.2) is 24.3 Å². The molecule has 1 aliphatic carbocycles. The van der Waals surface area contributed by atoms with Crippen LogP contribution in [-0.2, 0) is 0 Å². The number of amides is 1. The summed E-state index contributed by atoms with van der Waals surface area (Å²) in [4.78, 5) is 12.1. The zero-order valence-corrected chi connectivity index (χ0v) is 10.9. The van der Waals surface area contributed by atoms with Crippen molar-refractivity contribution in [1.82, 2.24) is 5.32 Å². The average molecular weight is 247 g/mol. The first-order valence-electron chi connectivity index (χ1n) is 6.69. The number of carbonyl (C=O) groups excluding carboxylic acids is 1. The molecule has 1 aromatic rings. The number of aliphatic hydroxyl groups excluding tert-OH is 1. The SMILES string of the molecule is Cc1ccc(C(=O)NC2CCCCC2CO)cc1. The number of nitrogens with one attached hydrogen (secondary N) is 1. The predicted molar refractivity (Wildman–Crippen MR) is 71.5 cm³/mol. The summed E-state index contributed by atoms with van der Waals surface area (Å²) in [6.45, 7) is 2.17. The van der Waals surface area contributed by atoms with Crippen LogP contribution in [0, 0.1) is 12.8 Å². The van der Waals surface area contributed by atoms with Crippen molar-refractivity contribution in [3.05, 3.63) is 35.4 Å². The van der Waals surface area contributed by atoms with E-state index in [-0.39, 0.29) is 24.5 Å². The van der Waals surface area contributed by atoms with E-state index < -0.39 is 0 Å². The van der Waals surface area contributed by atoms with Gasteiger partial charge in [-0.15, -0.1) is 0 Å². The zero-order valence-electron chi connectivity index (χ0n) is 10.9. The lowest BCUT2D eigenvalue weighted by molar-refractivity contribution is 0.0872. The summed E-state index contributed by atoms with van der Waals surface area (Å²) in [6, 6.07) is 7.71. The molecule has 1 aromatic carbocycles. The van der Waals surface area contributed by atoms with Crippen molar-refractivity contribution in [3.8, 4) is 0 Å². The number of rotatable bonds is 3. The molecule has 0 saturated heterocycles. The van der Waals surface area contributed by atoms with Gasteiger partial charge in [-0.2, -0.15) is 0 Å². The molecule has 2 atom stereocenters. The Morgan fingerprint density at radius 1 is 1.28 bits per heavy atom. The van der Waals surface area contributed by atoms with Gasteiger partial charge >= 0.3 is 0 Å². The highest BCUT2D eigenvalue weighted by Crippen LogP contribution is 2.24. The molecule has 0 spiro atoms. The lowest BCUT2D eigenvalue weighted by Crippen LogP contribution is -2.43. The number of benzene rings is 1. The highest BCUT2D eigenvalue weighted by Gasteiger charge is 2.25. The number of carbonyl (C=O) groups is 1. The maximum absolute atomic E-state index is 12.1. The van der Waals surface area contributed by atoms with Crippen LogP contribution < -0.4 is 5.32 Å². The highest BCUT2D eigenvalue weighted by atomic mass is 16.3. The van der Waals surface area contributed by atoms with Gasteiger partial charge in [0.1, 0.15) is 0 Å². The molecule has 1 fully saturated rings. The van der Waals surface area contributed by atoms with Gasteiger partial charge in [-0.05, 0) is 31.9 Å². The quantitative estimate of drug-likeness (QED) is 0.861. The van der Waals surface area contributed by atoms with Crippen LogP contribution in [0.2, 0.25) is 0 Å². The van der Waals surface area contributed by atoms with Crippen molar-refractivity contribution < 1.29 is 9.90 Å². The van der Waals surface area contributed by atoms with E-state index in [1.807, 2.05) is 31.2 Å². The van der Waals surface area contributed by atoms with Gasteiger partial charge in [-0.3, -0.25) is 4.79 Å². The molecule has 2 N–H and O–H groups in total. The second-order valence-corrected chi connectivity index (χ2v) is 5.17. The first-order chi connectivity index (χ1) is 8.70. The van der Waals surface area contributed by atoms with Crippen LogP contribution in [-0.4, -0.2) is 23.7 Å². The minimum Gasteiger partial charge on any atom is -0.396 e. The van der Waals surface area contributed by atoms with Crippen molar-refractivity contribution in [1.29, 1.82) is 0 Å². The molecule has 1 aliphatic rings. The first-order valence-corrected chi connectivity index (χ1v) is 6.69. The molecule has 0 heterocycles. The van der Waals surface area contributed by atoms with E-state index in [2.05, 4.69) is 5.32 Å². The Morgan fingerprint density at radius 3 is 2.61 bits per heavy atom. The molecule has 0 aromatic heterocycles. The van der Waals surface area contributed by atoms with Crippen molar-refractivity contribution in [3.63, 3.8) is 0 Å². The lowest BCUT2D eigenvalue weighted by Gasteiger charge is -2.30. The maximum atomic E-state index is 12.1. The smallest absolute Gasteiger partial charge is 0.251 e. The van der Waals surface area contributed by atoms with Gasteiger partial charge in [0.05, 0.1) is 0 Å². The van der Waals surface area contributed by atoms with Crippen molar-refractivity contribution in [2.75, 3.05) is 6.61 Å². The second-order valence-electron chi connectivity index (χ2n) is 5.17. The fourth-order valence-corrected chi connectivity index (χ4v) is 2.57. The first kappa shape index (κ1) is 13.1. The molecule has 0 bridgehead atoms. The highest BCUT2D eigenvalue weighted by molar-refractivity contribution is 5.94. The molecule has 18 heavy (non-hydrogen) atoms. The number of hydrogen-bond acceptors (Lipinski definition) is 2. The average Bonchev–Trinajstić information content (AvgIpc) is 2.40. The maximum Gasteiger partial charge on any atom is 0.251 e. The second kappa shape index (κ2) is 6.01. The molecule has 2 rings (SSSR count). The fourth-order valence-electron chi connectivity index (χ4n) is 2.57. The molecule has 0 radical (unpaired) electrons. The normalized spacial score (nSPS) is 23.7. The molecule has 3 nitrogen and oxygen atoms in total. The number of aryl methyl sites for hydroxylation is 1. The predicted octanol–water partition coefficient (Wildman–Crippen LogP) is 2.28. The standard InChI is InChI=1S/C15H21NO2/c1-11-6-8-12(9-7-11)15(18)16-14-5-3-2-4-13(14)10-17/h6-9,13-14,17H,2-5,10H2,1H3,(H,16,18). The van der Waals surface area contributed by atoms with E-state index >= 15 is 0 Å². The minimum absolute atomic E-state index is 0.0275. The van der Waals surface area contributed by atoms with Gasteiger partial charge < -0.3 is 10.4 Å². The van der Waals surface area contributed by atoms with Gasteiger partial charge in [-0.25, -0.2) is 0 Å². The third kappa shape index (κ3) is 3.10. The van der Waals surface area contributed by atoms with E-state index in [9.17, 15) is 9.90 Å². The van der Waals surface area contributed by atoms with E-state index in [0.717, 1.165) is 31.2 Å². The Bertz CT molecular complexity index is 399. The summed E-state index contributed by atoms with van der Waals surface area (Å²) in [5, 5.41) is 12.4. The third-order valence-corrected chi connectivity index (χ3v) is 3.77. The van der Waals surface area contributed by atoms with Crippen LogP contribution in [0.4, 0.5) is 0 Å². The Balaban J connectivity index is 1.99. The summed E-state index contributed by atoms with van der Waals surface area (Å²) >= 11 is 0. The largest absolute Gasteiger partial charge is 0.396 e. The van der Waals surface area contributed by atoms with E-state index in [1.165, 1.54) is 0 Å². The molecule has 0 aliphatic heterocycles. The molecule has 98 valence electrons. The number of aliphatic hydroxyl groups is 1. The topological polar surface area (TPSA) is 49.3 Å². The molecule has 2 unspecified atom stereocenters. The van der Waals surface area contributed by atoms with E-state index in [1.54, 1.807) is 0 Å². The Hall–Kier alpha value is -1.35. The van der Waals surface area contributed by atoms with Crippen LogP contribution >= 0.6 is 0 Å². The van der Waals surface area contributed by atoms with Crippen molar-refractivity contribution >= 4 is 5.91 Å². The van der Waals surface area contributed by atoms with Gasteiger partial charge in [0.2, 0.25) is 0 Å².